The lowest BCUT2D eigenvalue weighted by Crippen LogP contribution is -2.10. The topological polar surface area (TPSA) is 3.24 Å². The van der Waals surface area contributed by atoms with Gasteiger partial charge in [0.15, 0.2) is 0 Å². The Morgan fingerprint density at radius 3 is 1.36 bits per heavy atom. The fraction of sp³-hybridized carbons (Fsp3) is 0. The summed E-state index contributed by atoms with van der Waals surface area (Å²) in [5, 5.41) is 7.56. The van der Waals surface area contributed by atoms with Crippen molar-refractivity contribution in [2.45, 2.75) is 0 Å². The van der Waals surface area contributed by atoms with Crippen LogP contribution in [0.5, 0.6) is 0 Å². The minimum Gasteiger partial charge on any atom is -0.310 e. The summed E-state index contributed by atoms with van der Waals surface area (Å²) in [4.78, 5) is 2.37. The Balaban J connectivity index is 1.06. The number of benzene rings is 10. The van der Waals surface area contributed by atoms with E-state index in [0.717, 1.165) is 17.1 Å². The Labute approximate surface area is 322 Å². The second-order valence-corrected chi connectivity index (χ2v) is 14.2. The zero-order valence-electron chi connectivity index (χ0n) is 30.3. The van der Waals surface area contributed by atoms with Gasteiger partial charge in [-0.15, -0.1) is 0 Å². The van der Waals surface area contributed by atoms with E-state index in [0.29, 0.717) is 0 Å². The van der Waals surface area contributed by atoms with Crippen LogP contribution in [0.15, 0.2) is 224 Å². The van der Waals surface area contributed by atoms with E-state index in [-0.39, 0.29) is 0 Å². The predicted molar refractivity (Wildman–Crippen MR) is 235 cm³/mol. The molecular weight excluding hydrogens is 663 g/mol. The SMILES string of the molecule is c1ccc(-c2ccc(-c3ccc(N(c4ccc(-c5ccc6ccccc6c5)cc4)c4cccc(-c5cc6ccccc6c6ccccc56)c4)cc3)cc2)cc1. The lowest BCUT2D eigenvalue weighted by atomic mass is 9.93. The third-order valence-corrected chi connectivity index (χ3v) is 10.8. The van der Waals surface area contributed by atoms with Gasteiger partial charge in [0.2, 0.25) is 0 Å². The van der Waals surface area contributed by atoms with Gasteiger partial charge in [0, 0.05) is 17.1 Å². The van der Waals surface area contributed by atoms with Gasteiger partial charge in [-0.25, -0.2) is 0 Å². The maximum absolute atomic E-state index is 2.37. The van der Waals surface area contributed by atoms with Gasteiger partial charge in [0.05, 0.1) is 0 Å². The third-order valence-electron chi connectivity index (χ3n) is 10.8. The van der Waals surface area contributed by atoms with Crippen molar-refractivity contribution in [1.82, 2.24) is 0 Å². The van der Waals surface area contributed by atoms with Gasteiger partial charge in [0.1, 0.15) is 0 Å². The van der Waals surface area contributed by atoms with E-state index in [1.807, 2.05) is 0 Å². The number of rotatable bonds is 7. The van der Waals surface area contributed by atoms with Gasteiger partial charge in [-0.05, 0) is 125 Å². The van der Waals surface area contributed by atoms with Crippen molar-refractivity contribution < 1.29 is 0 Å². The maximum Gasteiger partial charge on any atom is 0.0467 e. The first kappa shape index (κ1) is 32.4. The molecule has 1 nitrogen and oxygen atoms in total. The fourth-order valence-electron chi connectivity index (χ4n) is 8.01. The highest BCUT2D eigenvalue weighted by molar-refractivity contribution is 6.14. The first-order valence-corrected chi connectivity index (χ1v) is 18.9. The molecule has 10 aromatic carbocycles. The smallest absolute Gasteiger partial charge is 0.0467 e. The molecule has 0 atom stereocenters. The molecule has 0 saturated heterocycles. The van der Waals surface area contributed by atoms with Crippen molar-refractivity contribution >= 4 is 49.4 Å². The van der Waals surface area contributed by atoms with Crippen LogP contribution in [0.1, 0.15) is 0 Å². The molecule has 0 aliphatic rings. The average Bonchev–Trinajstić information content (AvgIpc) is 3.27. The molecule has 55 heavy (non-hydrogen) atoms. The molecule has 0 aliphatic carbocycles. The largest absolute Gasteiger partial charge is 0.310 e. The van der Waals surface area contributed by atoms with Crippen molar-refractivity contribution in [3.63, 3.8) is 0 Å². The highest BCUT2D eigenvalue weighted by atomic mass is 15.1. The van der Waals surface area contributed by atoms with Crippen LogP contribution in [0.4, 0.5) is 17.1 Å². The molecule has 0 saturated carbocycles. The van der Waals surface area contributed by atoms with Crippen LogP contribution in [0, 0.1) is 0 Å². The Morgan fingerprint density at radius 1 is 0.218 bits per heavy atom. The van der Waals surface area contributed by atoms with E-state index in [9.17, 15) is 0 Å². The van der Waals surface area contributed by atoms with Crippen molar-refractivity contribution in [2.24, 2.45) is 0 Å². The number of anilines is 3. The number of fused-ring (bicyclic) bond motifs is 4. The van der Waals surface area contributed by atoms with Gasteiger partial charge in [-0.1, -0.05) is 176 Å². The lowest BCUT2D eigenvalue weighted by molar-refractivity contribution is 1.28. The molecule has 0 aromatic heterocycles. The summed E-state index contributed by atoms with van der Waals surface area (Å²) in [6.45, 7) is 0. The summed E-state index contributed by atoms with van der Waals surface area (Å²) in [6.07, 6.45) is 0. The molecule has 0 amide bonds. The molecule has 10 rings (SSSR count). The van der Waals surface area contributed by atoms with Gasteiger partial charge in [-0.3, -0.25) is 0 Å². The van der Waals surface area contributed by atoms with Crippen molar-refractivity contribution in [1.29, 1.82) is 0 Å². The molecule has 0 unspecified atom stereocenters. The number of hydrogen-bond donors (Lipinski definition) is 0. The summed E-state index contributed by atoms with van der Waals surface area (Å²) >= 11 is 0. The lowest BCUT2D eigenvalue weighted by Gasteiger charge is -2.26. The van der Waals surface area contributed by atoms with Gasteiger partial charge in [-0.2, -0.15) is 0 Å². The van der Waals surface area contributed by atoms with Crippen LogP contribution in [-0.4, -0.2) is 0 Å². The average molecular weight is 700 g/mol. The first-order chi connectivity index (χ1) is 27.2. The number of hydrogen-bond acceptors (Lipinski definition) is 1. The van der Waals surface area contributed by atoms with Gasteiger partial charge in [0.25, 0.3) is 0 Å². The molecule has 0 bridgehead atoms. The maximum atomic E-state index is 2.37. The first-order valence-electron chi connectivity index (χ1n) is 18.9. The van der Waals surface area contributed by atoms with Crippen LogP contribution < -0.4 is 4.90 Å². The number of nitrogens with zero attached hydrogens (tertiary/aromatic N) is 1. The Bertz CT molecular complexity index is 2940. The van der Waals surface area contributed by atoms with E-state index >= 15 is 0 Å². The van der Waals surface area contributed by atoms with Crippen LogP contribution in [-0.2, 0) is 0 Å². The molecule has 0 radical (unpaired) electrons. The summed E-state index contributed by atoms with van der Waals surface area (Å²) in [7, 11) is 0. The molecule has 0 heterocycles. The molecule has 0 fully saturated rings. The van der Waals surface area contributed by atoms with Crippen molar-refractivity contribution in [3.05, 3.63) is 224 Å². The molecule has 258 valence electrons. The van der Waals surface area contributed by atoms with Gasteiger partial charge >= 0.3 is 0 Å². The summed E-state index contributed by atoms with van der Waals surface area (Å²) in [5.41, 5.74) is 13.0. The van der Waals surface area contributed by atoms with Crippen LogP contribution in [0.3, 0.4) is 0 Å². The Kier molecular flexibility index (Phi) is 8.24. The zero-order chi connectivity index (χ0) is 36.6. The second kappa shape index (κ2) is 14.0. The molecule has 0 aliphatic heterocycles. The highest BCUT2D eigenvalue weighted by Crippen LogP contribution is 2.41. The van der Waals surface area contributed by atoms with Crippen LogP contribution in [0.2, 0.25) is 0 Å². The Hall–Kier alpha value is -7.22. The standard InChI is InChI=1S/C54H37N/c1-2-11-38(12-3-1)40-21-23-41(24-22-40)42-27-31-48(32-28-42)55(49-33-29-43(30-34-49)45-26-25-39-13-4-5-14-44(39)35-45)50-17-10-16-46(36-50)54-37-47-15-6-7-18-51(47)52-19-8-9-20-53(52)54/h1-37H. The van der Waals surface area contributed by atoms with E-state index in [4.69, 9.17) is 0 Å². The summed E-state index contributed by atoms with van der Waals surface area (Å²) in [5.74, 6) is 0. The van der Waals surface area contributed by atoms with Crippen LogP contribution >= 0.6 is 0 Å². The molecule has 0 spiro atoms. The molecule has 0 N–H and O–H groups in total. The Morgan fingerprint density at radius 2 is 0.691 bits per heavy atom. The zero-order valence-corrected chi connectivity index (χ0v) is 30.3. The molecule has 10 aromatic rings. The van der Waals surface area contributed by atoms with Crippen molar-refractivity contribution in [3.8, 4) is 44.5 Å². The van der Waals surface area contributed by atoms with E-state index in [1.54, 1.807) is 0 Å². The van der Waals surface area contributed by atoms with Crippen LogP contribution in [0.25, 0.3) is 76.8 Å². The van der Waals surface area contributed by atoms with E-state index in [1.165, 1.54) is 76.8 Å². The summed E-state index contributed by atoms with van der Waals surface area (Å²) in [6, 6.07) is 81.4. The van der Waals surface area contributed by atoms with E-state index in [2.05, 4.69) is 229 Å². The minimum atomic E-state index is 1.10. The second-order valence-electron chi connectivity index (χ2n) is 14.2. The predicted octanol–water partition coefficient (Wildman–Crippen LogP) is 15.3. The van der Waals surface area contributed by atoms with E-state index < -0.39 is 0 Å². The molecular formula is C54H37N. The highest BCUT2D eigenvalue weighted by Gasteiger charge is 2.16. The van der Waals surface area contributed by atoms with Gasteiger partial charge < -0.3 is 4.90 Å². The quantitative estimate of drug-likeness (QED) is 0.150. The normalized spacial score (nSPS) is 11.3. The third kappa shape index (κ3) is 6.22. The summed E-state index contributed by atoms with van der Waals surface area (Å²) < 4.78 is 0. The fourth-order valence-corrected chi connectivity index (χ4v) is 8.01. The molecule has 1 heteroatoms. The minimum absolute atomic E-state index is 1.10. The monoisotopic (exact) mass is 699 g/mol. The van der Waals surface area contributed by atoms with Crippen molar-refractivity contribution in [2.75, 3.05) is 4.90 Å².